The number of hydrogen-bond acceptors (Lipinski definition) is 2. The van der Waals surface area contributed by atoms with Crippen molar-refractivity contribution in [2.45, 2.75) is 0 Å². The molecule has 2 aromatic carbocycles. The minimum atomic E-state index is -0.157. The second-order valence-electron chi connectivity index (χ2n) is 4.37. The van der Waals surface area contributed by atoms with Crippen molar-refractivity contribution in [1.29, 1.82) is 0 Å². The Balaban J connectivity index is 2.05. The van der Waals surface area contributed by atoms with Gasteiger partial charge >= 0.3 is 0 Å². The molecule has 100 valence electrons. The van der Waals surface area contributed by atoms with E-state index >= 15 is 0 Å². The minimum Gasteiger partial charge on any atom is -0.508 e. The Morgan fingerprint density at radius 2 is 1.65 bits per heavy atom. The van der Waals surface area contributed by atoms with Crippen LogP contribution >= 0.6 is 11.6 Å². The van der Waals surface area contributed by atoms with Crippen molar-refractivity contribution < 1.29 is 5.11 Å². The lowest BCUT2D eigenvalue weighted by Crippen LogP contribution is -2.13. The summed E-state index contributed by atoms with van der Waals surface area (Å²) in [6.07, 6.45) is 0. The van der Waals surface area contributed by atoms with Gasteiger partial charge in [0.05, 0.1) is 11.4 Å². The van der Waals surface area contributed by atoms with Gasteiger partial charge in [-0.3, -0.25) is 9.89 Å². The number of halogens is 1. The second kappa shape index (κ2) is 4.90. The van der Waals surface area contributed by atoms with Gasteiger partial charge in [0.25, 0.3) is 5.56 Å². The maximum absolute atomic E-state index is 12.0. The van der Waals surface area contributed by atoms with Gasteiger partial charge in [-0.15, -0.1) is 0 Å². The van der Waals surface area contributed by atoms with Gasteiger partial charge in [-0.05, 0) is 54.1 Å². The first-order valence-electron chi connectivity index (χ1n) is 6.01. The quantitative estimate of drug-likeness (QED) is 0.760. The van der Waals surface area contributed by atoms with Crippen molar-refractivity contribution in [2.75, 3.05) is 0 Å². The van der Waals surface area contributed by atoms with E-state index in [1.165, 1.54) is 10.7 Å². The summed E-state index contributed by atoms with van der Waals surface area (Å²) in [5, 5.41) is 12.9. The molecule has 0 spiro atoms. The Labute approximate surface area is 119 Å². The number of aromatic nitrogens is 2. The van der Waals surface area contributed by atoms with Crippen LogP contribution in [0.1, 0.15) is 0 Å². The van der Waals surface area contributed by atoms with Gasteiger partial charge in [-0.2, -0.15) is 0 Å². The average Bonchev–Trinajstić information content (AvgIpc) is 2.82. The largest absolute Gasteiger partial charge is 0.508 e. The lowest BCUT2D eigenvalue weighted by atomic mass is 10.1. The first-order chi connectivity index (χ1) is 9.63. The molecule has 0 atom stereocenters. The molecule has 2 N–H and O–H groups in total. The molecule has 3 rings (SSSR count). The third-order valence-corrected chi connectivity index (χ3v) is 3.24. The van der Waals surface area contributed by atoms with E-state index in [0.29, 0.717) is 16.4 Å². The van der Waals surface area contributed by atoms with E-state index in [4.69, 9.17) is 11.6 Å². The number of rotatable bonds is 2. The highest BCUT2D eigenvalue weighted by atomic mass is 35.5. The molecule has 1 aromatic heterocycles. The number of aromatic hydroxyl groups is 1. The molecule has 0 bridgehead atoms. The number of phenolic OH excluding ortho intramolecular Hbond substituents is 1. The zero-order valence-corrected chi connectivity index (χ0v) is 11.1. The molecule has 0 amide bonds. The fourth-order valence-corrected chi connectivity index (χ4v) is 2.09. The Bertz CT molecular complexity index is 786. The summed E-state index contributed by atoms with van der Waals surface area (Å²) in [7, 11) is 0. The lowest BCUT2D eigenvalue weighted by Gasteiger charge is -2.02. The van der Waals surface area contributed by atoms with Crippen LogP contribution in [-0.4, -0.2) is 14.9 Å². The zero-order chi connectivity index (χ0) is 14.1. The molecule has 3 aromatic rings. The summed E-state index contributed by atoms with van der Waals surface area (Å²) in [6.45, 7) is 0. The molecular formula is C15H11ClN2O2. The minimum absolute atomic E-state index is 0.157. The summed E-state index contributed by atoms with van der Waals surface area (Å²) in [5.41, 5.74) is 2.07. The fourth-order valence-electron chi connectivity index (χ4n) is 1.97. The molecule has 0 saturated heterocycles. The van der Waals surface area contributed by atoms with Gasteiger partial charge < -0.3 is 5.11 Å². The van der Waals surface area contributed by atoms with Crippen molar-refractivity contribution in [3.05, 3.63) is 70.0 Å². The van der Waals surface area contributed by atoms with Crippen LogP contribution in [0.25, 0.3) is 16.9 Å². The second-order valence-corrected chi connectivity index (χ2v) is 4.80. The van der Waals surface area contributed by atoms with Crippen LogP contribution in [0, 0.1) is 0 Å². The van der Waals surface area contributed by atoms with Crippen molar-refractivity contribution in [2.24, 2.45) is 0 Å². The molecule has 0 aliphatic rings. The highest BCUT2D eigenvalue weighted by molar-refractivity contribution is 6.30. The third-order valence-electron chi connectivity index (χ3n) is 2.98. The summed E-state index contributed by atoms with van der Waals surface area (Å²) in [6, 6.07) is 15.1. The van der Waals surface area contributed by atoms with Crippen LogP contribution < -0.4 is 5.56 Å². The summed E-state index contributed by atoms with van der Waals surface area (Å²) >= 11 is 5.83. The number of nitrogens with one attached hydrogen (secondary N) is 1. The number of H-pyrrole nitrogens is 1. The molecule has 0 fully saturated rings. The molecule has 5 heteroatoms. The van der Waals surface area contributed by atoms with E-state index in [-0.39, 0.29) is 11.3 Å². The maximum atomic E-state index is 12.0. The summed E-state index contributed by atoms with van der Waals surface area (Å²) < 4.78 is 1.44. The van der Waals surface area contributed by atoms with Gasteiger partial charge in [0.15, 0.2) is 0 Å². The molecule has 4 nitrogen and oxygen atoms in total. The number of phenols is 1. The van der Waals surface area contributed by atoms with E-state index in [0.717, 1.165) is 5.56 Å². The molecule has 0 aliphatic heterocycles. The number of hydrogen-bond donors (Lipinski definition) is 2. The van der Waals surface area contributed by atoms with Gasteiger partial charge in [0.2, 0.25) is 0 Å². The Kier molecular flexibility index (Phi) is 3.08. The Morgan fingerprint density at radius 1 is 1.00 bits per heavy atom. The highest BCUT2D eigenvalue weighted by Crippen LogP contribution is 2.20. The van der Waals surface area contributed by atoms with Crippen molar-refractivity contribution >= 4 is 11.6 Å². The van der Waals surface area contributed by atoms with E-state index in [1.807, 2.05) is 0 Å². The number of nitrogens with zero attached hydrogens (tertiary/aromatic N) is 1. The molecular weight excluding hydrogens is 276 g/mol. The average molecular weight is 287 g/mol. The van der Waals surface area contributed by atoms with E-state index < -0.39 is 0 Å². The molecule has 20 heavy (non-hydrogen) atoms. The molecule has 0 radical (unpaired) electrons. The smallest absolute Gasteiger partial charge is 0.271 e. The van der Waals surface area contributed by atoms with Gasteiger partial charge in [-0.1, -0.05) is 11.6 Å². The summed E-state index contributed by atoms with van der Waals surface area (Å²) in [4.78, 5) is 12.0. The predicted molar refractivity (Wildman–Crippen MR) is 78.5 cm³/mol. The first-order valence-corrected chi connectivity index (χ1v) is 6.39. The molecule has 0 unspecified atom stereocenters. The van der Waals surface area contributed by atoms with Gasteiger partial charge in [0, 0.05) is 11.1 Å². The lowest BCUT2D eigenvalue weighted by molar-refractivity contribution is 0.475. The van der Waals surface area contributed by atoms with Gasteiger partial charge in [-0.25, -0.2) is 4.68 Å². The molecule has 1 heterocycles. The van der Waals surface area contributed by atoms with Crippen LogP contribution in [-0.2, 0) is 0 Å². The van der Waals surface area contributed by atoms with Crippen LogP contribution in [0.2, 0.25) is 5.02 Å². The first kappa shape index (κ1) is 12.6. The summed E-state index contributed by atoms with van der Waals surface area (Å²) in [5.74, 6) is 0.188. The van der Waals surface area contributed by atoms with Crippen LogP contribution in [0.5, 0.6) is 5.75 Å². The van der Waals surface area contributed by atoms with Crippen molar-refractivity contribution in [1.82, 2.24) is 9.78 Å². The molecule has 0 saturated carbocycles. The number of benzene rings is 2. The van der Waals surface area contributed by atoms with Crippen LogP contribution in [0.15, 0.2) is 59.4 Å². The maximum Gasteiger partial charge on any atom is 0.271 e. The number of aromatic amines is 1. The monoisotopic (exact) mass is 286 g/mol. The highest BCUT2D eigenvalue weighted by Gasteiger charge is 2.07. The topological polar surface area (TPSA) is 58.0 Å². The van der Waals surface area contributed by atoms with Crippen molar-refractivity contribution in [3.63, 3.8) is 0 Å². The Hall–Kier alpha value is -2.46. The van der Waals surface area contributed by atoms with Crippen LogP contribution in [0.4, 0.5) is 0 Å². The van der Waals surface area contributed by atoms with E-state index in [1.54, 1.807) is 48.5 Å². The Morgan fingerprint density at radius 3 is 2.30 bits per heavy atom. The SMILES string of the molecule is O=c1cc(-c2ccc(O)cc2)[nH]n1-c1ccc(Cl)cc1. The molecule has 0 aliphatic carbocycles. The third kappa shape index (κ3) is 2.33. The fraction of sp³-hybridized carbons (Fsp3) is 0. The van der Waals surface area contributed by atoms with E-state index in [2.05, 4.69) is 5.10 Å². The van der Waals surface area contributed by atoms with Crippen molar-refractivity contribution in [3.8, 4) is 22.7 Å². The standard InChI is InChI=1S/C15H11ClN2O2/c16-11-3-5-12(6-4-11)18-15(20)9-14(17-18)10-1-7-13(19)8-2-10/h1-9,17,19H. The van der Waals surface area contributed by atoms with Gasteiger partial charge in [0.1, 0.15) is 5.75 Å². The predicted octanol–water partition coefficient (Wildman–Crippen LogP) is 3.19. The normalized spacial score (nSPS) is 10.7. The van der Waals surface area contributed by atoms with E-state index in [9.17, 15) is 9.90 Å². The zero-order valence-electron chi connectivity index (χ0n) is 10.4. The van der Waals surface area contributed by atoms with Crippen LogP contribution in [0.3, 0.4) is 0 Å².